The van der Waals surface area contributed by atoms with Gasteiger partial charge in [-0.3, -0.25) is 9.36 Å². The van der Waals surface area contributed by atoms with Crippen LogP contribution in [0.5, 0.6) is 5.75 Å². The maximum Gasteiger partial charge on any atom is 0.257 e. The molecule has 1 heterocycles. The van der Waals surface area contributed by atoms with Gasteiger partial charge in [0.15, 0.2) is 0 Å². The number of benzene rings is 2. The van der Waals surface area contributed by atoms with Crippen LogP contribution in [0, 0.1) is 12.8 Å². The van der Waals surface area contributed by atoms with Gasteiger partial charge in [-0.15, -0.1) is 0 Å². The van der Waals surface area contributed by atoms with Crippen molar-refractivity contribution in [2.24, 2.45) is 5.92 Å². The van der Waals surface area contributed by atoms with Gasteiger partial charge in [-0.25, -0.2) is 4.98 Å². The zero-order chi connectivity index (χ0) is 19.5. The molecule has 0 spiro atoms. The number of aromatic hydroxyl groups is 1. The molecule has 0 atom stereocenters. The number of phenols is 1. The lowest BCUT2D eigenvalue weighted by atomic mass is 9.81. The van der Waals surface area contributed by atoms with Gasteiger partial charge in [-0.2, -0.15) is 0 Å². The first-order chi connectivity index (χ1) is 13.6. The van der Waals surface area contributed by atoms with E-state index in [4.69, 9.17) is 4.98 Å². The van der Waals surface area contributed by atoms with Gasteiger partial charge in [0.2, 0.25) is 0 Å². The Balaban J connectivity index is 1.77. The van der Waals surface area contributed by atoms with Crippen LogP contribution in [-0.2, 0) is 19.4 Å². The summed E-state index contributed by atoms with van der Waals surface area (Å²) in [5, 5.41) is 10.4. The minimum atomic E-state index is 0.0357. The first kappa shape index (κ1) is 18.5. The number of hydrogen-bond donors (Lipinski definition) is 1. The molecule has 144 valence electrons. The van der Waals surface area contributed by atoms with Gasteiger partial charge < -0.3 is 5.11 Å². The number of nitrogens with zero attached hydrogens (tertiary/aromatic N) is 2. The van der Waals surface area contributed by atoms with E-state index in [1.54, 1.807) is 16.7 Å². The van der Waals surface area contributed by atoms with Crippen LogP contribution in [0.2, 0.25) is 0 Å². The van der Waals surface area contributed by atoms with E-state index in [1.807, 2.05) is 37.3 Å². The molecular weight excluding hydrogens is 348 g/mol. The average Bonchev–Trinajstić information content (AvgIpc) is 2.67. The largest absolute Gasteiger partial charge is 0.507 e. The molecule has 0 bridgehead atoms. The fourth-order valence-electron chi connectivity index (χ4n) is 3.88. The monoisotopic (exact) mass is 374 g/mol. The Morgan fingerprint density at radius 3 is 2.46 bits per heavy atom. The van der Waals surface area contributed by atoms with Crippen LogP contribution < -0.4 is 5.56 Å². The summed E-state index contributed by atoms with van der Waals surface area (Å²) in [5.41, 5.74) is 3.43. The molecule has 4 nitrogen and oxygen atoms in total. The van der Waals surface area contributed by atoms with E-state index in [2.05, 4.69) is 12.1 Å². The summed E-state index contributed by atoms with van der Waals surface area (Å²) in [6.07, 6.45) is 5.21. The zero-order valence-electron chi connectivity index (χ0n) is 16.3. The minimum absolute atomic E-state index is 0.0357. The number of aryl methyl sites for hydroxylation is 2. The van der Waals surface area contributed by atoms with Crippen LogP contribution >= 0.6 is 0 Å². The van der Waals surface area contributed by atoms with Gasteiger partial charge >= 0.3 is 0 Å². The van der Waals surface area contributed by atoms with Gasteiger partial charge in [-0.05, 0) is 43.4 Å². The van der Waals surface area contributed by atoms with Gasteiger partial charge in [0.1, 0.15) is 11.6 Å². The van der Waals surface area contributed by atoms with E-state index < -0.39 is 0 Å². The second kappa shape index (κ2) is 8.01. The molecular formula is C24H26N2O2. The maximum absolute atomic E-state index is 13.4. The lowest BCUT2D eigenvalue weighted by molar-refractivity contribution is 0.312. The van der Waals surface area contributed by atoms with Crippen molar-refractivity contribution in [1.29, 1.82) is 0 Å². The maximum atomic E-state index is 13.4. The Morgan fingerprint density at radius 2 is 1.79 bits per heavy atom. The van der Waals surface area contributed by atoms with Crippen LogP contribution in [0.3, 0.4) is 0 Å². The topological polar surface area (TPSA) is 55.1 Å². The van der Waals surface area contributed by atoms with Crippen molar-refractivity contribution >= 4 is 0 Å². The van der Waals surface area contributed by atoms with Crippen molar-refractivity contribution in [2.75, 3.05) is 0 Å². The van der Waals surface area contributed by atoms with E-state index in [0.717, 1.165) is 24.1 Å². The molecule has 3 aromatic rings. The van der Waals surface area contributed by atoms with Crippen molar-refractivity contribution in [3.8, 4) is 17.1 Å². The van der Waals surface area contributed by atoms with E-state index in [-0.39, 0.29) is 11.3 Å². The quantitative estimate of drug-likeness (QED) is 0.691. The third-order valence-electron chi connectivity index (χ3n) is 5.80. The van der Waals surface area contributed by atoms with Crippen molar-refractivity contribution in [3.05, 3.63) is 81.8 Å². The van der Waals surface area contributed by atoms with Crippen LogP contribution in [0.15, 0.2) is 59.4 Å². The molecule has 28 heavy (non-hydrogen) atoms. The highest BCUT2D eigenvalue weighted by Crippen LogP contribution is 2.31. The summed E-state index contributed by atoms with van der Waals surface area (Å²) in [6.45, 7) is 2.46. The molecule has 0 saturated heterocycles. The molecule has 1 aliphatic carbocycles. The Labute approximate surface area is 165 Å². The summed E-state index contributed by atoms with van der Waals surface area (Å²) in [6, 6.07) is 17.3. The normalized spacial score (nSPS) is 14.0. The van der Waals surface area contributed by atoms with Crippen LogP contribution in [0.4, 0.5) is 0 Å². The molecule has 1 aromatic heterocycles. The van der Waals surface area contributed by atoms with Gasteiger partial charge in [0.25, 0.3) is 5.56 Å². The number of aromatic nitrogens is 2. The third kappa shape index (κ3) is 3.72. The first-order valence-corrected chi connectivity index (χ1v) is 10.1. The fraction of sp³-hybridized carbons (Fsp3) is 0.333. The smallest absolute Gasteiger partial charge is 0.257 e. The predicted octanol–water partition coefficient (Wildman–Crippen LogP) is 4.51. The highest BCUT2D eigenvalue weighted by molar-refractivity contribution is 5.64. The van der Waals surface area contributed by atoms with Crippen molar-refractivity contribution in [2.45, 2.75) is 45.6 Å². The summed E-state index contributed by atoms with van der Waals surface area (Å²) >= 11 is 0. The molecule has 1 N–H and O–H groups in total. The molecule has 0 amide bonds. The highest BCUT2D eigenvalue weighted by Gasteiger charge is 2.23. The molecule has 4 rings (SSSR count). The molecule has 1 saturated carbocycles. The van der Waals surface area contributed by atoms with Gasteiger partial charge in [0.05, 0.1) is 5.56 Å². The predicted molar refractivity (Wildman–Crippen MR) is 112 cm³/mol. The van der Waals surface area contributed by atoms with E-state index in [9.17, 15) is 9.90 Å². The first-order valence-electron chi connectivity index (χ1n) is 10.1. The molecule has 0 radical (unpaired) electrons. The Hall–Kier alpha value is -2.88. The number of hydrogen-bond acceptors (Lipinski definition) is 3. The molecule has 1 fully saturated rings. The highest BCUT2D eigenvalue weighted by atomic mass is 16.3. The Kier molecular flexibility index (Phi) is 5.29. The molecule has 4 heteroatoms. The standard InChI is InChI=1S/C24H26N2O2/c1-17-21(16-19-10-7-11-19)24(28)26(15-14-18-8-3-2-4-9-18)23(25-17)20-12-5-6-13-22(20)27/h2-6,8-9,12-13,19,27H,7,10-11,14-16H2,1H3. The summed E-state index contributed by atoms with van der Waals surface area (Å²) in [4.78, 5) is 18.2. The fourth-order valence-corrected chi connectivity index (χ4v) is 3.88. The molecule has 1 aliphatic rings. The third-order valence-corrected chi connectivity index (χ3v) is 5.80. The van der Waals surface area contributed by atoms with Crippen LogP contribution in [0.25, 0.3) is 11.4 Å². The molecule has 0 aliphatic heterocycles. The van der Waals surface area contributed by atoms with E-state index in [1.165, 1.54) is 24.8 Å². The zero-order valence-corrected chi connectivity index (χ0v) is 16.3. The van der Waals surface area contributed by atoms with Crippen molar-refractivity contribution < 1.29 is 5.11 Å². The Morgan fingerprint density at radius 1 is 1.07 bits per heavy atom. The van der Waals surface area contributed by atoms with E-state index in [0.29, 0.717) is 23.9 Å². The number of rotatable bonds is 6. The SMILES string of the molecule is Cc1nc(-c2ccccc2O)n(CCc2ccccc2)c(=O)c1CC1CCC1. The van der Waals surface area contributed by atoms with E-state index >= 15 is 0 Å². The average molecular weight is 374 g/mol. The van der Waals surface area contributed by atoms with Crippen LogP contribution in [-0.4, -0.2) is 14.7 Å². The second-order valence-electron chi connectivity index (χ2n) is 7.71. The van der Waals surface area contributed by atoms with Crippen molar-refractivity contribution in [1.82, 2.24) is 9.55 Å². The van der Waals surface area contributed by atoms with Gasteiger partial charge in [-0.1, -0.05) is 61.7 Å². The lowest BCUT2D eigenvalue weighted by Crippen LogP contribution is -2.31. The van der Waals surface area contributed by atoms with Crippen molar-refractivity contribution in [3.63, 3.8) is 0 Å². The second-order valence-corrected chi connectivity index (χ2v) is 7.71. The number of phenolic OH excluding ortho intramolecular Hbond substituents is 1. The lowest BCUT2D eigenvalue weighted by Gasteiger charge is -2.26. The minimum Gasteiger partial charge on any atom is -0.507 e. The Bertz CT molecular complexity index is 1020. The van der Waals surface area contributed by atoms with Crippen LogP contribution in [0.1, 0.15) is 36.1 Å². The molecule has 0 unspecified atom stereocenters. The van der Waals surface area contributed by atoms with Gasteiger partial charge in [0, 0.05) is 17.8 Å². The summed E-state index contributed by atoms with van der Waals surface area (Å²) in [5.74, 6) is 1.30. The number of para-hydroxylation sites is 1. The summed E-state index contributed by atoms with van der Waals surface area (Å²) < 4.78 is 1.75. The summed E-state index contributed by atoms with van der Waals surface area (Å²) in [7, 11) is 0. The molecule has 2 aromatic carbocycles.